The lowest BCUT2D eigenvalue weighted by molar-refractivity contribution is -0.203. The molecule has 0 amide bonds. The molecular weight excluding hydrogens is 524 g/mol. The molecule has 1 atom stereocenters. The zero-order chi connectivity index (χ0) is 29.8. The average molecular weight is 569 g/mol. The Kier molecular flexibility index (Phi) is 12.0. The molecule has 0 saturated carbocycles. The maximum absolute atomic E-state index is 12.3. The first-order chi connectivity index (χ1) is 19.7. The topological polar surface area (TPSA) is 135 Å². The normalized spacial score (nSPS) is 12.9. The summed E-state index contributed by atoms with van der Waals surface area (Å²) in [5, 5.41) is 21.7. The van der Waals surface area contributed by atoms with Gasteiger partial charge in [-0.25, -0.2) is 9.59 Å². The first-order valence-electron chi connectivity index (χ1n) is 14.7. The Hall–Kier alpha value is -3.56. The van der Waals surface area contributed by atoms with Gasteiger partial charge >= 0.3 is 11.9 Å². The Morgan fingerprint density at radius 2 is 1.56 bits per heavy atom. The van der Waals surface area contributed by atoms with E-state index in [4.69, 9.17) is 19.6 Å². The first kappa shape index (κ1) is 32.0. The van der Waals surface area contributed by atoms with Gasteiger partial charge in [-0.2, -0.15) is 0 Å². The molecule has 1 aromatic heterocycles. The zero-order valence-corrected chi connectivity index (χ0v) is 24.5. The number of carbonyl (C=O) groups is 2. The summed E-state index contributed by atoms with van der Waals surface area (Å²) < 4.78 is 17.3. The predicted molar refractivity (Wildman–Crippen MR) is 159 cm³/mol. The van der Waals surface area contributed by atoms with E-state index in [1.54, 1.807) is 42.5 Å². The molecular formula is C32H44N2O7. The molecule has 3 aromatic rings. The summed E-state index contributed by atoms with van der Waals surface area (Å²) >= 11 is 0. The van der Waals surface area contributed by atoms with Crippen molar-refractivity contribution in [1.29, 1.82) is 0 Å². The standard InChI is InChI=1S/C32H44N2O7/c1-4-7-11-27-29(26-17-14-24(33)22-28(26)40-27)32(38,41-31(37)30(35)36)23-12-15-25(16-13-23)39-21-10-20-34(18-8-5-2)19-9-6-3/h12-17,22,38H,4-11,18-21,33H2,1-3H3,(H,35,36)/t32-/m1/s1. The molecule has 41 heavy (non-hydrogen) atoms. The van der Waals surface area contributed by atoms with Crippen LogP contribution in [0.25, 0.3) is 11.0 Å². The lowest BCUT2D eigenvalue weighted by Gasteiger charge is -2.28. The number of hydrogen-bond donors (Lipinski definition) is 3. The van der Waals surface area contributed by atoms with Crippen molar-refractivity contribution in [2.45, 2.75) is 77.9 Å². The highest BCUT2D eigenvalue weighted by Gasteiger charge is 2.43. The van der Waals surface area contributed by atoms with Crippen LogP contribution in [0, 0.1) is 0 Å². The Balaban J connectivity index is 1.86. The highest BCUT2D eigenvalue weighted by Crippen LogP contribution is 2.41. The van der Waals surface area contributed by atoms with E-state index in [9.17, 15) is 19.8 Å². The van der Waals surface area contributed by atoms with Crippen molar-refractivity contribution in [2.24, 2.45) is 0 Å². The van der Waals surface area contributed by atoms with E-state index in [-0.39, 0.29) is 11.1 Å². The van der Waals surface area contributed by atoms with Crippen molar-refractivity contribution >= 4 is 28.6 Å². The quantitative estimate of drug-likeness (QED) is 0.0602. The van der Waals surface area contributed by atoms with Gasteiger partial charge in [0.25, 0.3) is 5.79 Å². The summed E-state index contributed by atoms with van der Waals surface area (Å²) in [6.45, 7) is 10.1. The van der Waals surface area contributed by atoms with Crippen molar-refractivity contribution in [3.63, 3.8) is 0 Å². The maximum atomic E-state index is 12.3. The third kappa shape index (κ3) is 8.47. The van der Waals surface area contributed by atoms with Crippen LogP contribution in [-0.4, -0.2) is 53.3 Å². The number of carboxylic acid groups (broad SMARTS) is 1. The molecule has 0 saturated heterocycles. The SMILES string of the molecule is CCCCc1oc2cc(N)ccc2c1[C@](O)(OC(=O)C(=O)O)c1ccc(OCCCN(CCCC)CCCC)cc1. The average Bonchev–Trinajstić information content (AvgIpc) is 3.33. The van der Waals surface area contributed by atoms with E-state index in [1.807, 2.05) is 6.92 Å². The van der Waals surface area contributed by atoms with Crippen LogP contribution in [0.15, 0.2) is 46.9 Å². The van der Waals surface area contributed by atoms with Gasteiger partial charge < -0.3 is 34.7 Å². The van der Waals surface area contributed by atoms with Crippen LogP contribution in [-0.2, 0) is 26.5 Å². The van der Waals surface area contributed by atoms with E-state index in [1.165, 1.54) is 25.7 Å². The number of carbonyl (C=O) groups excluding carboxylic acids is 1. The number of aryl methyl sites for hydroxylation is 1. The predicted octanol–water partition coefficient (Wildman–Crippen LogP) is 5.85. The largest absolute Gasteiger partial charge is 0.494 e. The van der Waals surface area contributed by atoms with Crippen molar-refractivity contribution in [2.75, 3.05) is 32.0 Å². The maximum Gasteiger partial charge on any atom is 0.420 e. The summed E-state index contributed by atoms with van der Waals surface area (Å²) in [6.07, 6.45) is 7.62. The van der Waals surface area contributed by atoms with E-state index in [0.717, 1.165) is 38.9 Å². The summed E-state index contributed by atoms with van der Waals surface area (Å²) in [6, 6.07) is 11.4. The number of benzene rings is 2. The monoisotopic (exact) mass is 568 g/mol. The van der Waals surface area contributed by atoms with E-state index in [2.05, 4.69) is 18.7 Å². The van der Waals surface area contributed by atoms with Crippen LogP contribution in [0.4, 0.5) is 5.69 Å². The zero-order valence-electron chi connectivity index (χ0n) is 24.5. The number of aliphatic hydroxyl groups is 1. The van der Waals surface area contributed by atoms with Gasteiger partial charge in [0, 0.05) is 35.7 Å². The third-order valence-electron chi connectivity index (χ3n) is 7.09. The summed E-state index contributed by atoms with van der Waals surface area (Å²) in [4.78, 5) is 26.2. The fraction of sp³-hybridized carbons (Fsp3) is 0.500. The van der Waals surface area contributed by atoms with Gasteiger partial charge in [-0.15, -0.1) is 0 Å². The van der Waals surface area contributed by atoms with Crippen LogP contribution < -0.4 is 10.5 Å². The van der Waals surface area contributed by atoms with E-state index in [0.29, 0.717) is 41.2 Å². The number of unbranched alkanes of at least 4 members (excludes halogenated alkanes) is 3. The number of furan rings is 1. The molecule has 0 aliphatic rings. The highest BCUT2D eigenvalue weighted by molar-refractivity contribution is 6.28. The lowest BCUT2D eigenvalue weighted by Crippen LogP contribution is -2.36. The van der Waals surface area contributed by atoms with Gasteiger partial charge in [-0.05, 0) is 75.2 Å². The number of nitrogens with two attached hydrogens (primary N) is 1. The van der Waals surface area contributed by atoms with E-state index < -0.39 is 17.7 Å². The van der Waals surface area contributed by atoms with Crippen LogP contribution >= 0.6 is 0 Å². The number of esters is 1. The second kappa shape index (κ2) is 15.4. The number of rotatable bonds is 17. The number of hydrogen-bond acceptors (Lipinski definition) is 8. The van der Waals surface area contributed by atoms with Gasteiger partial charge in [0.1, 0.15) is 17.1 Å². The van der Waals surface area contributed by atoms with Crippen LogP contribution in [0.3, 0.4) is 0 Å². The molecule has 2 aromatic carbocycles. The Morgan fingerprint density at radius 1 is 0.927 bits per heavy atom. The Labute approximate surface area is 242 Å². The number of ether oxygens (including phenoxy) is 2. The van der Waals surface area contributed by atoms with Crippen molar-refractivity contribution in [1.82, 2.24) is 4.90 Å². The molecule has 224 valence electrons. The molecule has 0 bridgehead atoms. The molecule has 0 aliphatic heterocycles. The highest BCUT2D eigenvalue weighted by atomic mass is 16.7. The van der Waals surface area contributed by atoms with E-state index >= 15 is 0 Å². The minimum absolute atomic E-state index is 0.169. The number of nitrogens with zero attached hydrogens (tertiary/aromatic N) is 1. The number of fused-ring (bicyclic) bond motifs is 1. The van der Waals surface area contributed by atoms with Gasteiger partial charge in [0.05, 0.1) is 12.2 Å². The molecule has 1 heterocycles. The molecule has 0 aliphatic carbocycles. The summed E-state index contributed by atoms with van der Waals surface area (Å²) in [5.41, 5.74) is 7.17. The fourth-order valence-corrected chi connectivity index (χ4v) is 4.83. The van der Waals surface area contributed by atoms with Crippen LogP contribution in [0.5, 0.6) is 5.75 Å². The second-order valence-corrected chi connectivity index (χ2v) is 10.4. The molecule has 0 unspecified atom stereocenters. The van der Waals surface area contributed by atoms with Crippen molar-refractivity contribution in [3.8, 4) is 5.75 Å². The number of carboxylic acids is 1. The molecule has 0 radical (unpaired) electrons. The summed E-state index contributed by atoms with van der Waals surface area (Å²) in [7, 11) is 0. The van der Waals surface area contributed by atoms with Gasteiger partial charge in [0.2, 0.25) is 0 Å². The minimum Gasteiger partial charge on any atom is -0.494 e. The third-order valence-corrected chi connectivity index (χ3v) is 7.09. The fourth-order valence-electron chi connectivity index (χ4n) is 4.83. The van der Waals surface area contributed by atoms with Crippen molar-refractivity contribution < 1.29 is 33.7 Å². The minimum atomic E-state index is -2.42. The molecule has 4 N–H and O–H groups in total. The molecule has 9 heteroatoms. The van der Waals surface area contributed by atoms with Gasteiger partial charge in [0.15, 0.2) is 0 Å². The lowest BCUT2D eigenvalue weighted by atomic mass is 9.93. The number of anilines is 1. The smallest absolute Gasteiger partial charge is 0.420 e. The molecule has 9 nitrogen and oxygen atoms in total. The molecule has 0 fully saturated rings. The van der Waals surface area contributed by atoms with Crippen LogP contribution in [0.1, 0.15) is 82.6 Å². The van der Waals surface area contributed by atoms with Crippen LogP contribution in [0.2, 0.25) is 0 Å². The Morgan fingerprint density at radius 3 is 2.17 bits per heavy atom. The number of aliphatic carboxylic acids is 1. The van der Waals surface area contributed by atoms with Crippen molar-refractivity contribution in [3.05, 3.63) is 59.4 Å². The first-order valence-corrected chi connectivity index (χ1v) is 14.7. The Bertz CT molecular complexity index is 1260. The molecule has 0 spiro atoms. The van der Waals surface area contributed by atoms with Gasteiger partial charge in [-0.3, -0.25) is 0 Å². The second-order valence-electron chi connectivity index (χ2n) is 10.4. The van der Waals surface area contributed by atoms with Gasteiger partial charge in [-0.1, -0.05) is 40.0 Å². The molecule has 3 rings (SSSR count). The summed E-state index contributed by atoms with van der Waals surface area (Å²) in [5.74, 6) is -4.84. The number of nitrogen functional groups attached to an aromatic ring is 1.